The molecule has 0 saturated heterocycles. The van der Waals surface area contributed by atoms with Gasteiger partial charge in [0, 0.05) is 25.2 Å². The Morgan fingerprint density at radius 2 is 2.15 bits per heavy atom. The highest BCUT2D eigenvalue weighted by Crippen LogP contribution is 2.20. The second-order valence-corrected chi connectivity index (χ2v) is 4.83. The molecule has 0 radical (unpaired) electrons. The molecule has 20 heavy (non-hydrogen) atoms. The molecule has 0 fully saturated rings. The molecule has 0 aliphatic heterocycles. The molecule has 108 valence electrons. The quantitative estimate of drug-likeness (QED) is 0.850. The van der Waals surface area contributed by atoms with E-state index in [1.807, 2.05) is 0 Å². The van der Waals surface area contributed by atoms with Gasteiger partial charge in [-0.1, -0.05) is 24.6 Å². The van der Waals surface area contributed by atoms with E-state index < -0.39 is 23.6 Å². The first kappa shape index (κ1) is 16.2. The van der Waals surface area contributed by atoms with Gasteiger partial charge in [0.2, 0.25) is 5.91 Å². The summed E-state index contributed by atoms with van der Waals surface area (Å²) in [4.78, 5) is 23.7. The van der Waals surface area contributed by atoms with Crippen molar-refractivity contribution in [3.05, 3.63) is 40.7 Å². The van der Waals surface area contributed by atoms with E-state index in [4.69, 9.17) is 16.7 Å². The predicted molar refractivity (Wildman–Crippen MR) is 74.9 cm³/mol. The Morgan fingerprint density at radius 1 is 1.50 bits per heavy atom. The normalized spacial score (nSPS) is 12.4. The lowest BCUT2D eigenvalue weighted by molar-refractivity contribution is -0.142. The Hall–Kier alpha value is -1.88. The van der Waals surface area contributed by atoms with E-state index in [2.05, 4.69) is 0 Å². The summed E-state index contributed by atoms with van der Waals surface area (Å²) in [6.45, 7) is 1.58. The summed E-state index contributed by atoms with van der Waals surface area (Å²) in [5.74, 6) is -2.60. The zero-order valence-corrected chi connectivity index (χ0v) is 11.9. The number of hydrogen-bond donors (Lipinski definition) is 1. The molecule has 1 atom stereocenters. The maximum Gasteiger partial charge on any atom is 0.308 e. The highest BCUT2D eigenvalue weighted by molar-refractivity contribution is 6.32. The number of amides is 1. The maximum absolute atomic E-state index is 13.5. The third kappa shape index (κ3) is 4.35. The number of hydrogen-bond acceptors (Lipinski definition) is 2. The lowest BCUT2D eigenvalue weighted by Gasteiger charge is -2.17. The number of carboxylic acid groups (broad SMARTS) is 1. The molecule has 0 aromatic heterocycles. The van der Waals surface area contributed by atoms with Gasteiger partial charge in [0.25, 0.3) is 0 Å². The predicted octanol–water partition coefficient (Wildman–Crippen LogP) is 2.67. The van der Waals surface area contributed by atoms with Crippen LogP contribution in [-0.2, 0) is 9.59 Å². The highest BCUT2D eigenvalue weighted by Gasteiger charge is 2.16. The monoisotopic (exact) mass is 299 g/mol. The van der Waals surface area contributed by atoms with Crippen LogP contribution >= 0.6 is 11.6 Å². The Morgan fingerprint density at radius 3 is 2.70 bits per heavy atom. The second-order valence-electron chi connectivity index (χ2n) is 4.43. The minimum Gasteiger partial charge on any atom is -0.481 e. The van der Waals surface area contributed by atoms with Crippen molar-refractivity contribution in [3.8, 4) is 0 Å². The van der Waals surface area contributed by atoms with Crippen LogP contribution < -0.4 is 0 Å². The lowest BCUT2D eigenvalue weighted by Crippen LogP contribution is -2.32. The topological polar surface area (TPSA) is 57.6 Å². The van der Waals surface area contributed by atoms with Crippen molar-refractivity contribution >= 4 is 29.6 Å². The van der Waals surface area contributed by atoms with Crippen LogP contribution in [0.4, 0.5) is 4.39 Å². The van der Waals surface area contributed by atoms with E-state index in [1.54, 1.807) is 0 Å². The molecule has 6 heteroatoms. The average molecular weight is 300 g/mol. The molecule has 0 saturated carbocycles. The van der Waals surface area contributed by atoms with Gasteiger partial charge < -0.3 is 10.0 Å². The van der Waals surface area contributed by atoms with Crippen LogP contribution in [0.25, 0.3) is 6.08 Å². The fraction of sp³-hybridized carbons (Fsp3) is 0.286. The van der Waals surface area contributed by atoms with Gasteiger partial charge >= 0.3 is 5.97 Å². The zero-order chi connectivity index (χ0) is 15.3. The van der Waals surface area contributed by atoms with Gasteiger partial charge in [0.1, 0.15) is 5.82 Å². The Bertz CT molecular complexity index is 525. The molecule has 1 aromatic rings. The van der Waals surface area contributed by atoms with Crippen LogP contribution in [0.15, 0.2) is 24.3 Å². The molecule has 1 rings (SSSR count). The molecule has 0 aliphatic rings. The molecular formula is C14H15ClFNO3. The third-order valence-electron chi connectivity index (χ3n) is 2.74. The molecule has 1 unspecified atom stereocenters. The fourth-order valence-corrected chi connectivity index (χ4v) is 1.76. The summed E-state index contributed by atoms with van der Waals surface area (Å²) in [5, 5.41) is 8.97. The largest absolute Gasteiger partial charge is 0.481 e. The van der Waals surface area contributed by atoms with Gasteiger partial charge in [-0.2, -0.15) is 0 Å². The van der Waals surface area contributed by atoms with E-state index in [9.17, 15) is 14.0 Å². The number of rotatable bonds is 5. The number of carbonyl (C=O) groups is 2. The lowest BCUT2D eigenvalue weighted by atomic mass is 10.1. The molecule has 0 spiro atoms. The van der Waals surface area contributed by atoms with Crippen LogP contribution in [0, 0.1) is 11.7 Å². The number of benzene rings is 1. The van der Waals surface area contributed by atoms with Crippen LogP contribution in [0.2, 0.25) is 5.02 Å². The van der Waals surface area contributed by atoms with Gasteiger partial charge in [0.15, 0.2) is 0 Å². The van der Waals surface area contributed by atoms with Crippen molar-refractivity contribution < 1.29 is 19.1 Å². The molecule has 0 aliphatic carbocycles. The SMILES string of the molecule is CC(CN(C)C(=O)C=Cc1c(F)cccc1Cl)C(=O)O. The Kier molecular flexibility index (Phi) is 5.70. The summed E-state index contributed by atoms with van der Waals surface area (Å²) in [5.41, 5.74) is 0.127. The maximum atomic E-state index is 13.5. The van der Waals surface area contributed by atoms with E-state index in [-0.39, 0.29) is 17.1 Å². The summed E-state index contributed by atoms with van der Waals surface area (Å²) in [6, 6.07) is 4.23. The molecule has 4 nitrogen and oxygen atoms in total. The van der Waals surface area contributed by atoms with Crippen molar-refractivity contribution in [1.82, 2.24) is 4.90 Å². The molecule has 1 N–H and O–H groups in total. The standard InChI is InChI=1S/C14H15ClFNO3/c1-9(14(19)20)8-17(2)13(18)7-6-10-11(15)4-3-5-12(10)16/h3-7,9H,8H2,1-2H3,(H,19,20). The second kappa shape index (κ2) is 7.05. The highest BCUT2D eigenvalue weighted by atomic mass is 35.5. The van der Waals surface area contributed by atoms with Gasteiger partial charge in [-0.3, -0.25) is 9.59 Å². The smallest absolute Gasteiger partial charge is 0.308 e. The Balaban J connectivity index is 2.75. The molecule has 0 heterocycles. The number of halogens is 2. The molecular weight excluding hydrogens is 285 g/mol. The number of carboxylic acids is 1. The van der Waals surface area contributed by atoms with Crippen molar-refractivity contribution in [3.63, 3.8) is 0 Å². The minimum absolute atomic E-state index is 0.0729. The zero-order valence-electron chi connectivity index (χ0n) is 11.1. The van der Waals surface area contributed by atoms with Gasteiger partial charge in [-0.25, -0.2) is 4.39 Å². The van der Waals surface area contributed by atoms with Crippen molar-refractivity contribution in [1.29, 1.82) is 0 Å². The summed E-state index contributed by atoms with van der Waals surface area (Å²) in [6.07, 6.45) is 2.45. The molecule has 0 bridgehead atoms. The van der Waals surface area contributed by atoms with E-state index >= 15 is 0 Å². The number of nitrogens with zero attached hydrogens (tertiary/aromatic N) is 1. The number of aliphatic carboxylic acids is 1. The molecule has 1 amide bonds. The first-order valence-corrected chi connectivity index (χ1v) is 6.30. The first-order chi connectivity index (χ1) is 9.32. The van der Waals surface area contributed by atoms with Crippen LogP contribution in [0.5, 0.6) is 0 Å². The van der Waals surface area contributed by atoms with E-state index in [1.165, 1.54) is 49.2 Å². The Labute approximate surface area is 121 Å². The summed E-state index contributed by atoms with van der Waals surface area (Å²) in [7, 11) is 1.48. The van der Waals surface area contributed by atoms with E-state index in [0.717, 1.165) is 0 Å². The summed E-state index contributed by atoms with van der Waals surface area (Å²) >= 11 is 5.82. The van der Waals surface area contributed by atoms with Gasteiger partial charge in [-0.05, 0) is 18.2 Å². The first-order valence-electron chi connectivity index (χ1n) is 5.93. The van der Waals surface area contributed by atoms with Crippen LogP contribution in [-0.4, -0.2) is 35.5 Å². The van der Waals surface area contributed by atoms with E-state index in [0.29, 0.717) is 0 Å². The summed E-state index contributed by atoms with van der Waals surface area (Å²) < 4.78 is 13.5. The average Bonchev–Trinajstić information content (AvgIpc) is 2.37. The van der Waals surface area contributed by atoms with Crippen molar-refractivity contribution in [2.45, 2.75) is 6.92 Å². The fourth-order valence-electron chi connectivity index (χ4n) is 1.53. The third-order valence-corrected chi connectivity index (χ3v) is 3.07. The minimum atomic E-state index is -0.981. The van der Waals surface area contributed by atoms with Crippen LogP contribution in [0.3, 0.4) is 0 Å². The van der Waals surface area contributed by atoms with Crippen molar-refractivity contribution in [2.75, 3.05) is 13.6 Å². The van der Waals surface area contributed by atoms with Gasteiger partial charge in [0.05, 0.1) is 10.9 Å². The molecule has 1 aromatic carbocycles. The van der Waals surface area contributed by atoms with Crippen molar-refractivity contribution in [2.24, 2.45) is 5.92 Å². The van der Waals surface area contributed by atoms with Gasteiger partial charge in [-0.15, -0.1) is 0 Å². The number of carbonyl (C=O) groups excluding carboxylic acids is 1. The number of likely N-dealkylation sites (N-methyl/N-ethyl adjacent to an activating group) is 1. The van der Waals surface area contributed by atoms with Crippen LogP contribution in [0.1, 0.15) is 12.5 Å².